The lowest BCUT2D eigenvalue weighted by Crippen LogP contribution is -2.27. The second-order valence-corrected chi connectivity index (χ2v) is 3.17. The number of carbonyl (C=O) groups excluding carboxylic acids is 2. The standard InChI is InChI=1S/C11H10ClNO2.C2H6/c1-3-5-7-8(10(14)11(12)15)6-13-9(7)4-2;1-2/h3-6,13H,1H2,2H3;1-2H3/b7-5-,9-4+;. The van der Waals surface area contributed by atoms with E-state index in [4.69, 9.17) is 11.6 Å². The highest BCUT2D eigenvalue weighted by molar-refractivity contribution is 6.83. The lowest BCUT2D eigenvalue weighted by molar-refractivity contribution is -0.108. The molecule has 0 aliphatic heterocycles. The van der Waals surface area contributed by atoms with Crippen molar-refractivity contribution in [2.75, 3.05) is 0 Å². The molecule has 0 aromatic carbocycles. The minimum Gasteiger partial charge on any atom is -0.361 e. The van der Waals surface area contributed by atoms with Crippen LogP contribution < -0.4 is 10.6 Å². The number of halogens is 1. The molecule has 0 amide bonds. The number of aromatic nitrogens is 1. The minimum absolute atomic E-state index is 0.267. The average molecular weight is 254 g/mol. The van der Waals surface area contributed by atoms with Crippen LogP contribution in [0.2, 0.25) is 0 Å². The largest absolute Gasteiger partial charge is 0.361 e. The van der Waals surface area contributed by atoms with E-state index in [0.717, 1.165) is 5.35 Å². The van der Waals surface area contributed by atoms with Gasteiger partial charge in [0.25, 0.3) is 5.24 Å². The Morgan fingerprint density at radius 1 is 1.41 bits per heavy atom. The van der Waals surface area contributed by atoms with Crippen LogP contribution in [0.25, 0.3) is 12.2 Å². The molecular weight excluding hydrogens is 238 g/mol. The van der Waals surface area contributed by atoms with Gasteiger partial charge in [0.15, 0.2) is 0 Å². The summed E-state index contributed by atoms with van der Waals surface area (Å²) >= 11 is 5.14. The molecule has 0 aliphatic carbocycles. The fourth-order valence-electron chi connectivity index (χ4n) is 1.28. The Morgan fingerprint density at radius 2 is 2.00 bits per heavy atom. The van der Waals surface area contributed by atoms with E-state index in [1.165, 1.54) is 6.20 Å². The van der Waals surface area contributed by atoms with Crippen molar-refractivity contribution >= 4 is 34.8 Å². The van der Waals surface area contributed by atoms with Gasteiger partial charge in [0.1, 0.15) is 0 Å². The number of rotatable bonds is 3. The Kier molecular flexibility index (Phi) is 6.91. The zero-order valence-electron chi connectivity index (χ0n) is 10.2. The second kappa shape index (κ2) is 7.63. The molecule has 17 heavy (non-hydrogen) atoms. The lowest BCUT2D eigenvalue weighted by Gasteiger charge is -1.88. The highest BCUT2D eigenvalue weighted by Gasteiger charge is 2.15. The Labute approximate surface area is 105 Å². The van der Waals surface area contributed by atoms with E-state index in [1.807, 2.05) is 20.8 Å². The van der Waals surface area contributed by atoms with Crippen LogP contribution in [0.1, 0.15) is 31.1 Å². The molecular formula is C13H16ClNO2. The molecule has 1 heterocycles. The molecule has 0 bridgehead atoms. The van der Waals surface area contributed by atoms with Crippen LogP contribution in [0.15, 0.2) is 18.9 Å². The summed E-state index contributed by atoms with van der Waals surface area (Å²) in [5.41, 5.74) is 0.267. The van der Waals surface area contributed by atoms with E-state index >= 15 is 0 Å². The van der Waals surface area contributed by atoms with Crippen LogP contribution in [0.5, 0.6) is 0 Å². The Morgan fingerprint density at radius 3 is 2.41 bits per heavy atom. The van der Waals surface area contributed by atoms with Gasteiger partial charge in [0, 0.05) is 16.8 Å². The fraction of sp³-hybridized carbons (Fsp3) is 0.231. The summed E-state index contributed by atoms with van der Waals surface area (Å²) in [6, 6.07) is 0. The van der Waals surface area contributed by atoms with Gasteiger partial charge in [-0.05, 0) is 18.5 Å². The third-order valence-electron chi connectivity index (χ3n) is 1.95. The van der Waals surface area contributed by atoms with Crippen LogP contribution >= 0.6 is 11.6 Å². The number of aromatic amines is 1. The van der Waals surface area contributed by atoms with E-state index in [-0.39, 0.29) is 5.56 Å². The van der Waals surface area contributed by atoms with Crippen molar-refractivity contribution in [3.05, 3.63) is 35.0 Å². The summed E-state index contributed by atoms with van der Waals surface area (Å²) in [6.07, 6.45) is 6.46. The van der Waals surface area contributed by atoms with Gasteiger partial charge in [-0.15, -0.1) is 0 Å². The first-order chi connectivity index (χ1) is 8.11. The normalized spacial score (nSPS) is 11.8. The molecule has 92 valence electrons. The number of hydrogen-bond acceptors (Lipinski definition) is 2. The van der Waals surface area contributed by atoms with Crippen molar-refractivity contribution in [3.63, 3.8) is 0 Å². The zero-order chi connectivity index (χ0) is 13.4. The highest BCUT2D eigenvalue weighted by atomic mass is 35.5. The lowest BCUT2D eigenvalue weighted by atomic mass is 10.2. The van der Waals surface area contributed by atoms with Crippen molar-refractivity contribution in [1.29, 1.82) is 0 Å². The van der Waals surface area contributed by atoms with E-state index in [1.54, 1.807) is 18.2 Å². The number of hydrogen-bond donors (Lipinski definition) is 1. The van der Waals surface area contributed by atoms with Crippen LogP contribution in [0, 0.1) is 0 Å². The molecule has 0 atom stereocenters. The maximum atomic E-state index is 11.4. The molecule has 0 saturated carbocycles. The molecule has 1 aromatic rings. The number of allylic oxidation sites excluding steroid dienone is 1. The van der Waals surface area contributed by atoms with E-state index in [0.29, 0.717) is 5.22 Å². The monoisotopic (exact) mass is 253 g/mol. The topological polar surface area (TPSA) is 49.9 Å². The summed E-state index contributed by atoms with van der Waals surface area (Å²) < 4.78 is 0. The van der Waals surface area contributed by atoms with Crippen molar-refractivity contribution in [2.45, 2.75) is 20.8 Å². The van der Waals surface area contributed by atoms with Crippen molar-refractivity contribution in [2.24, 2.45) is 0 Å². The zero-order valence-corrected chi connectivity index (χ0v) is 11.0. The van der Waals surface area contributed by atoms with Crippen molar-refractivity contribution < 1.29 is 9.59 Å². The van der Waals surface area contributed by atoms with Gasteiger partial charge in [-0.1, -0.05) is 38.7 Å². The van der Waals surface area contributed by atoms with Crippen molar-refractivity contribution in [1.82, 2.24) is 4.98 Å². The Bertz CT molecular complexity index is 526. The summed E-state index contributed by atoms with van der Waals surface area (Å²) in [5.74, 6) is -0.714. The highest BCUT2D eigenvalue weighted by Crippen LogP contribution is 1.94. The minimum atomic E-state index is -0.990. The molecule has 0 aliphatic rings. The Hall–Kier alpha value is -1.61. The van der Waals surface area contributed by atoms with Gasteiger partial charge in [-0.2, -0.15) is 0 Å². The first-order valence-corrected chi connectivity index (χ1v) is 5.70. The van der Waals surface area contributed by atoms with Crippen LogP contribution in [0.4, 0.5) is 0 Å². The number of Topliss-reactive ketones (excluding diaryl/α,β-unsaturated/α-hetero) is 1. The van der Waals surface area contributed by atoms with Gasteiger partial charge in [-0.25, -0.2) is 0 Å². The van der Waals surface area contributed by atoms with Crippen LogP contribution in [0.3, 0.4) is 0 Å². The molecule has 1 rings (SSSR count). The molecule has 0 unspecified atom stereocenters. The molecule has 3 nitrogen and oxygen atoms in total. The first kappa shape index (κ1) is 15.4. The van der Waals surface area contributed by atoms with Gasteiger partial charge in [0.2, 0.25) is 5.78 Å². The molecule has 0 radical (unpaired) electrons. The molecule has 4 heteroatoms. The summed E-state index contributed by atoms with van der Waals surface area (Å²) in [7, 11) is 0. The van der Waals surface area contributed by atoms with Gasteiger partial charge >= 0.3 is 0 Å². The number of H-pyrrole nitrogens is 1. The third-order valence-corrected chi connectivity index (χ3v) is 2.12. The molecule has 0 fully saturated rings. The van der Waals surface area contributed by atoms with Crippen LogP contribution in [-0.4, -0.2) is 16.0 Å². The number of carbonyl (C=O) groups is 2. The summed E-state index contributed by atoms with van der Waals surface area (Å²) in [5, 5.41) is 0.401. The van der Waals surface area contributed by atoms with Gasteiger partial charge < -0.3 is 4.98 Å². The maximum Gasteiger partial charge on any atom is 0.293 e. The summed E-state index contributed by atoms with van der Waals surface area (Å²) in [6.45, 7) is 9.37. The molecule has 0 spiro atoms. The van der Waals surface area contributed by atoms with Gasteiger partial charge in [0.05, 0.1) is 5.56 Å². The number of ketones is 1. The predicted octanol–water partition coefficient (Wildman–Crippen LogP) is 1.76. The molecule has 0 saturated heterocycles. The Balaban J connectivity index is 0.00000121. The van der Waals surface area contributed by atoms with Crippen molar-refractivity contribution in [3.8, 4) is 0 Å². The predicted molar refractivity (Wildman–Crippen MR) is 71.4 cm³/mol. The number of nitrogens with one attached hydrogen (secondary N) is 1. The smallest absolute Gasteiger partial charge is 0.293 e. The molecule has 1 aromatic heterocycles. The maximum absolute atomic E-state index is 11.4. The average Bonchev–Trinajstić information content (AvgIpc) is 2.74. The van der Waals surface area contributed by atoms with Crippen LogP contribution in [-0.2, 0) is 4.79 Å². The first-order valence-electron chi connectivity index (χ1n) is 5.32. The summed E-state index contributed by atoms with van der Waals surface area (Å²) in [4.78, 5) is 25.0. The quantitative estimate of drug-likeness (QED) is 0.507. The van der Waals surface area contributed by atoms with E-state index < -0.39 is 11.0 Å². The third kappa shape index (κ3) is 3.71. The fourth-order valence-corrected chi connectivity index (χ4v) is 1.38. The van der Waals surface area contributed by atoms with E-state index in [9.17, 15) is 9.59 Å². The SMILES string of the molecule is C=C/C=c1/c(C(=O)C(=O)Cl)c[nH]/c1=C/C.CC. The van der Waals surface area contributed by atoms with E-state index in [2.05, 4.69) is 11.6 Å². The second-order valence-electron chi connectivity index (χ2n) is 2.82. The van der Waals surface area contributed by atoms with Gasteiger partial charge in [-0.3, -0.25) is 9.59 Å². The molecule has 1 N–H and O–H groups in total.